The summed E-state index contributed by atoms with van der Waals surface area (Å²) in [5.74, 6) is 2.02. The Hall–Kier alpha value is -3.57. The summed E-state index contributed by atoms with van der Waals surface area (Å²) in [4.78, 5) is 16.8. The molecule has 2 heterocycles. The predicted molar refractivity (Wildman–Crippen MR) is 132 cm³/mol. The van der Waals surface area contributed by atoms with Gasteiger partial charge >= 0.3 is 6.18 Å². The molecule has 0 saturated carbocycles. The van der Waals surface area contributed by atoms with E-state index in [9.17, 15) is 18.0 Å². The third-order valence-corrected chi connectivity index (χ3v) is 6.33. The molecule has 0 N–H and O–H groups in total. The number of rotatable bonds is 7. The Labute approximate surface area is 202 Å². The molecule has 8 heteroatoms. The van der Waals surface area contributed by atoms with Gasteiger partial charge in [0.05, 0.1) is 17.3 Å². The number of likely N-dealkylation sites (N-methyl/N-ethyl adjacent to an activating group) is 1. The topological polar surface area (TPSA) is 41.4 Å². The fourth-order valence-corrected chi connectivity index (χ4v) is 4.31. The molecular weight excluding hydrogens is 453 g/mol. The van der Waals surface area contributed by atoms with Crippen molar-refractivity contribution in [3.05, 3.63) is 65.9 Å². The Bertz CT molecular complexity index is 1260. The number of nitrogens with zero attached hydrogens (tertiary/aromatic N) is 4. The van der Waals surface area contributed by atoms with Gasteiger partial charge in [0.15, 0.2) is 0 Å². The van der Waals surface area contributed by atoms with Crippen LogP contribution in [0.4, 0.5) is 18.9 Å². The van der Waals surface area contributed by atoms with E-state index >= 15 is 0 Å². The molecule has 5 nitrogen and oxygen atoms in total. The molecule has 1 aromatic heterocycles. The molecule has 182 valence electrons. The molecule has 0 aliphatic carbocycles. The molecule has 0 radical (unpaired) electrons. The van der Waals surface area contributed by atoms with Gasteiger partial charge in [-0.1, -0.05) is 18.1 Å². The summed E-state index contributed by atoms with van der Waals surface area (Å²) in [6.45, 7) is 4.26. The van der Waals surface area contributed by atoms with Crippen LogP contribution in [0, 0.1) is 12.3 Å². The third-order valence-electron chi connectivity index (χ3n) is 6.33. The number of alkyl halides is 3. The fourth-order valence-electron chi connectivity index (χ4n) is 4.31. The Morgan fingerprint density at radius 2 is 1.86 bits per heavy atom. The Morgan fingerprint density at radius 1 is 1.14 bits per heavy atom. The first-order valence-corrected chi connectivity index (χ1v) is 11.6. The molecule has 0 bridgehead atoms. The largest absolute Gasteiger partial charge is 0.416 e. The number of amides is 1. The summed E-state index contributed by atoms with van der Waals surface area (Å²) >= 11 is 0. The van der Waals surface area contributed by atoms with E-state index in [1.165, 1.54) is 49.0 Å². The van der Waals surface area contributed by atoms with Crippen LogP contribution >= 0.6 is 0 Å². The van der Waals surface area contributed by atoms with E-state index in [0.717, 1.165) is 42.5 Å². The van der Waals surface area contributed by atoms with Crippen molar-refractivity contribution in [1.29, 1.82) is 0 Å². The smallest absolute Gasteiger partial charge is 0.312 e. The highest BCUT2D eigenvalue weighted by Crippen LogP contribution is 2.30. The van der Waals surface area contributed by atoms with E-state index in [1.807, 2.05) is 22.9 Å². The van der Waals surface area contributed by atoms with Gasteiger partial charge in [0.25, 0.3) is 5.91 Å². The molecule has 1 aliphatic rings. The van der Waals surface area contributed by atoms with E-state index in [-0.39, 0.29) is 11.5 Å². The van der Waals surface area contributed by atoms with Crippen molar-refractivity contribution in [2.24, 2.45) is 0 Å². The van der Waals surface area contributed by atoms with Crippen LogP contribution in [0.25, 0.3) is 16.5 Å². The van der Waals surface area contributed by atoms with Crippen molar-refractivity contribution in [2.45, 2.75) is 32.0 Å². The number of carbonyl (C=O) groups is 1. The van der Waals surface area contributed by atoms with E-state index in [4.69, 9.17) is 6.42 Å². The third kappa shape index (κ3) is 5.75. The molecule has 1 fully saturated rings. The van der Waals surface area contributed by atoms with Crippen molar-refractivity contribution in [3.63, 3.8) is 0 Å². The number of hydrogen-bond donors (Lipinski definition) is 0. The van der Waals surface area contributed by atoms with Crippen molar-refractivity contribution in [2.75, 3.05) is 31.6 Å². The number of aromatic nitrogens is 2. The van der Waals surface area contributed by atoms with Crippen molar-refractivity contribution in [1.82, 2.24) is 14.7 Å². The first-order chi connectivity index (χ1) is 16.8. The van der Waals surface area contributed by atoms with Gasteiger partial charge in [0, 0.05) is 36.3 Å². The lowest BCUT2D eigenvalue weighted by molar-refractivity contribution is -0.137. The van der Waals surface area contributed by atoms with Gasteiger partial charge in [-0.15, -0.1) is 6.42 Å². The van der Waals surface area contributed by atoms with Crippen molar-refractivity contribution in [3.8, 4) is 12.3 Å². The Morgan fingerprint density at radius 3 is 2.51 bits per heavy atom. The average molecular weight is 481 g/mol. The van der Waals surface area contributed by atoms with Crippen LogP contribution < -0.4 is 4.90 Å². The van der Waals surface area contributed by atoms with Gasteiger partial charge in [0.1, 0.15) is 0 Å². The zero-order valence-electron chi connectivity index (χ0n) is 19.6. The van der Waals surface area contributed by atoms with Crippen molar-refractivity contribution < 1.29 is 18.0 Å². The van der Waals surface area contributed by atoms with Gasteiger partial charge in [-0.3, -0.25) is 9.48 Å². The molecule has 1 amide bonds. The SMILES string of the molecule is C#C/C(=C\C(=O)N(C)c1ccc2c(cnn2CCCN2CCCC2)c1)c1ccc(C(F)(F)F)cc1. The number of aryl methyl sites for hydroxylation is 1. The number of anilines is 1. The second-order valence-corrected chi connectivity index (χ2v) is 8.69. The first-order valence-electron chi connectivity index (χ1n) is 11.6. The van der Waals surface area contributed by atoms with E-state index in [1.54, 1.807) is 13.2 Å². The summed E-state index contributed by atoms with van der Waals surface area (Å²) < 4.78 is 40.4. The van der Waals surface area contributed by atoms with Gasteiger partial charge in [-0.05, 0) is 74.8 Å². The number of benzene rings is 2. The Balaban J connectivity index is 1.45. The minimum Gasteiger partial charge on any atom is -0.312 e. The van der Waals surface area contributed by atoms with Crippen LogP contribution in [0.1, 0.15) is 30.4 Å². The minimum atomic E-state index is -4.44. The van der Waals surface area contributed by atoms with Gasteiger partial charge in [0.2, 0.25) is 0 Å². The zero-order chi connectivity index (χ0) is 25.0. The second kappa shape index (κ2) is 10.4. The highest BCUT2D eigenvalue weighted by molar-refractivity contribution is 6.08. The maximum absolute atomic E-state index is 12.9. The number of hydrogen-bond acceptors (Lipinski definition) is 3. The molecule has 2 aromatic carbocycles. The summed E-state index contributed by atoms with van der Waals surface area (Å²) in [5, 5.41) is 5.43. The standard InChI is InChI=1S/C27H27F3N4O/c1-3-20(21-7-9-23(10-8-21)27(28,29)30)18-26(35)32(2)24-11-12-25-22(17-24)19-31-34(25)16-6-15-33-13-4-5-14-33/h1,7-12,17-19H,4-6,13-16H2,2H3/b20-18+. The van der Waals surface area contributed by atoms with Crippen LogP contribution in [0.3, 0.4) is 0 Å². The highest BCUT2D eigenvalue weighted by Gasteiger charge is 2.30. The van der Waals surface area contributed by atoms with Gasteiger partial charge < -0.3 is 9.80 Å². The fraction of sp³-hybridized carbons (Fsp3) is 0.333. The molecular formula is C27H27F3N4O. The number of carbonyl (C=O) groups excluding carboxylic acids is 1. The Kier molecular flexibility index (Phi) is 7.27. The predicted octanol–water partition coefficient (Wildman–Crippen LogP) is 5.22. The van der Waals surface area contributed by atoms with Gasteiger partial charge in [-0.25, -0.2) is 0 Å². The summed E-state index contributed by atoms with van der Waals surface area (Å²) in [7, 11) is 1.63. The second-order valence-electron chi connectivity index (χ2n) is 8.69. The van der Waals surface area contributed by atoms with E-state index in [0.29, 0.717) is 11.3 Å². The van der Waals surface area contributed by atoms with E-state index < -0.39 is 11.7 Å². The van der Waals surface area contributed by atoms with Crippen LogP contribution in [0.2, 0.25) is 0 Å². The maximum Gasteiger partial charge on any atom is 0.416 e. The lowest BCUT2D eigenvalue weighted by atomic mass is 10.0. The van der Waals surface area contributed by atoms with Crippen LogP contribution in [0.5, 0.6) is 0 Å². The highest BCUT2D eigenvalue weighted by atomic mass is 19.4. The summed E-state index contributed by atoms with van der Waals surface area (Å²) in [5.41, 5.74) is 1.47. The molecule has 0 unspecified atom stereocenters. The molecule has 1 aliphatic heterocycles. The van der Waals surface area contributed by atoms with Gasteiger partial charge in [-0.2, -0.15) is 18.3 Å². The lowest BCUT2D eigenvalue weighted by Crippen LogP contribution is -2.24. The monoisotopic (exact) mass is 480 g/mol. The summed E-state index contributed by atoms with van der Waals surface area (Å²) in [6.07, 6.45) is 7.75. The molecule has 0 spiro atoms. The van der Waals surface area contributed by atoms with E-state index in [2.05, 4.69) is 15.9 Å². The summed E-state index contributed by atoms with van der Waals surface area (Å²) in [6, 6.07) is 10.1. The first kappa shape index (κ1) is 24.6. The number of halogens is 3. The normalized spacial score (nSPS) is 14.9. The van der Waals surface area contributed by atoms with Crippen LogP contribution in [-0.4, -0.2) is 47.3 Å². The van der Waals surface area contributed by atoms with Crippen LogP contribution in [-0.2, 0) is 17.5 Å². The molecule has 4 rings (SSSR count). The zero-order valence-corrected chi connectivity index (χ0v) is 19.6. The molecule has 1 saturated heterocycles. The molecule has 3 aromatic rings. The average Bonchev–Trinajstić information content (AvgIpc) is 3.51. The number of terminal acetylenes is 1. The number of likely N-dealkylation sites (tertiary alicyclic amines) is 1. The number of fused-ring (bicyclic) bond motifs is 1. The quantitative estimate of drug-likeness (QED) is 0.344. The minimum absolute atomic E-state index is 0.211. The maximum atomic E-state index is 12.9. The molecule has 35 heavy (non-hydrogen) atoms. The lowest BCUT2D eigenvalue weighted by Gasteiger charge is -2.16. The van der Waals surface area contributed by atoms with Crippen molar-refractivity contribution >= 4 is 28.1 Å². The number of allylic oxidation sites excluding steroid dienone is 1. The van der Waals surface area contributed by atoms with Crippen LogP contribution in [0.15, 0.2) is 54.7 Å². The molecule has 0 atom stereocenters.